The number of pyridine rings is 1. The molecule has 1 aromatic carbocycles. The lowest BCUT2D eigenvalue weighted by atomic mass is 9.87. The summed E-state index contributed by atoms with van der Waals surface area (Å²) in [5.41, 5.74) is 5.45. The monoisotopic (exact) mass is 409 g/mol. The number of rotatable bonds is 2. The average molecular weight is 410 g/mol. The topological polar surface area (TPSA) is 51.3 Å². The highest BCUT2D eigenvalue weighted by molar-refractivity contribution is 8.13. The molecule has 1 aliphatic rings. The molecule has 0 bridgehead atoms. The molecule has 3 rings (SSSR count). The normalized spacial score (nSPS) is 19.4. The Bertz CT molecular complexity index is 804. The van der Waals surface area contributed by atoms with E-state index < -0.39 is 23.0 Å². The van der Waals surface area contributed by atoms with Gasteiger partial charge in [-0.05, 0) is 25.5 Å². The van der Waals surface area contributed by atoms with Gasteiger partial charge in [-0.2, -0.15) is 0 Å². The molecular formula is C16H16Cl2F3N3S. The maximum absolute atomic E-state index is 14.3. The minimum atomic E-state index is -0.872. The quantitative estimate of drug-likeness (QED) is 0.783. The number of hydrogen-bond acceptors (Lipinski definition) is 4. The lowest BCUT2D eigenvalue weighted by Gasteiger charge is -2.30. The van der Waals surface area contributed by atoms with Crippen LogP contribution in [-0.4, -0.2) is 15.9 Å². The van der Waals surface area contributed by atoms with E-state index in [1.165, 1.54) is 24.0 Å². The van der Waals surface area contributed by atoms with Gasteiger partial charge in [0, 0.05) is 34.7 Å². The van der Waals surface area contributed by atoms with E-state index >= 15 is 0 Å². The molecule has 1 atom stereocenters. The van der Waals surface area contributed by atoms with Crippen molar-refractivity contribution >= 4 is 41.7 Å². The lowest BCUT2D eigenvalue weighted by molar-refractivity contribution is 0.447. The second kappa shape index (κ2) is 8.29. The number of benzene rings is 1. The fraction of sp³-hybridized carbons (Fsp3) is 0.250. The standard InChI is InChI=1S/C16H14F3N3S.2ClH/c1-16(2-3-23-15(20)22-16)12-5-11(13(18)6-14(12)19)9-4-10(17)8-21-7-9;;/h4-8H,2-3H2,1H3,(H2,20,22);2*1H/t16-;;/m0../s1. The first-order chi connectivity index (χ1) is 10.9. The van der Waals surface area contributed by atoms with Crippen LogP contribution in [0.1, 0.15) is 18.9 Å². The van der Waals surface area contributed by atoms with Crippen molar-refractivity contribution in [1.82, 2.24) is 4.98 Å². The number of aliphatic imine (C=N–C) groups is 1. The van der Waals surface area contributed by atoms with Crippen LogP contribution >= 0.6 is 36.6 Å². The van der Waals surface area contributed by atoms with Crippen molar-refractivity contribution in [1.29, 1.82) is 0 Å². The molecule has 0 saturated carbocycles. The maximum atomic E-state index is 14.3. The van der Waals surface area contributed by atoms with E-state index in [0.29, 0.717) is 17.3 Å². The minimum absolute atomic E-state index is 0. The summed E-state index contributed by atoms with van der Waals surface area (Å²) in [5.74, 6) is -1.36. The van der Waals surface area contributed by atoms with E-state index in [1.54, 1.807) is 6.92 Å². The van der Waals surface area contributed by atoms with Crippen LogP contribution in [-0.2, 0) is 5.54 Å². The summed E-state index contributed by atoms with van der Waals surface area (Å²) in [6.07, 6.45) is 2.93. The zero-order valence-corrected chi connectivity index (χ0v) is 15.6. The van der Waals surface area contributed by atoms with Crippen molar-refractivity contribution in [3.63, 3.8) is 0 Å². The number of nitrogens with zero attached hydrogens (tertiary/aromatic N) is 2. The first-order valence-corrected chi connectivity index (χ1v) is 7.96. The Morgan fingerprint density at radius 2 is 1.80 bits per heavy atom. The van der Waals surface area contributed by atoms with Gasteiger partial charge in [0.2, 0.25) is 0 Å². The lowest BCUT2D eigenvalue weighted by Crippen LogP contribution is -2.29. The fourth-order valence-corrected chi connectivity index (χ4v) is 3.60. The third-order valence-electron chi connectivity index (χ3n) is 3.85. The molecule has 25 heavy (non-hydrogen) atoms. The second-order valence-electron chi connectivity index (χ2n) is 5.53. The van der Waals surface area contributed by atoms with Crippen LogP contribution in [0.4, 0.5) is 13.2 Å². The zero-order valence-electron chi connectivity index (χ0n) is 13.1. The molecule has 0 fully saturated rings. The number of thioether (sulfide) groups is 1. The van der Waals surface area contributed by atoms with Gasteiger partial charge in [-0.15, -0.1) is 24.8 Å². The molecule has 0 amide bonds. The predicted molar refractivity (Wildman–Crippen MR) is 100 cm³/mol. The van der Waals surface area contributed by atoms with Gasteiger partial charge >= 0.3 is 0 Å². The predicted octanol–water partition coefficient (Wildman–Crippen LogP) is 4.68. The number of amidine groups is 1. The molecule has 9 heteroatoms. The third kappa shape index (κ3) is 4.40. The summed E-state index contributed by atoms with van der Waals surface area (Å²) in [7, 11) is 0. The van der Waals surface area contributed by atoms with E-state index in [-0.39, 0.29) is 41.5 Å². The van der Waals surface area contributed by atoms with Crippen molar-refractivity contribution < 1.29 is 13.2 Å². The van der Waals surface area contributed by atoms with Crippen LogP contribution in [0, 0.1) is 17.5 Å². The van der Waals surface area contributed by atoms with Gasteiger partial charge in [0.25, 0.3) is 0 Å². The van der Waals surface area contributed by atoms with Gasteiger partial charge < -0.3 is 5.73 Å². The van der Waals surface area contributed by atoms with Gasteiger partial charge in [-0.25, -0.2) is 13.2 Å². The van der Waals surface area contributed by atoms with E-state index in [9.17, 15) is 13.2 Å². The highest BCUT2D eigenvalue weighted by Gasteiger charge is 2.33. The van der Waals surface area contributed by atoms with E-state index in [1.807, 2.05) is 0 Å². The van der Waals surface area contributed by atoms with Gasteiger partial charge in [-0.1, -0.05) is 11.8 Å². The van der Waals surface area contributed by atoms with Crippen molar-refractivity contribution in [3.8, 4) is 11.1 Å². The van der Waals surface area contributed by atoms with Crippen LogP contribution in [0.25, 0.3) is 11.1 Å². The summed E-state index contributed by atoms with van der Waals surface area (Å²) in [5, 5.41) is 0.372. The van der Waals surface area contributed by atoms with Gasteiger partial charge in [-0.3, -0.25) is 9.98 Å². The Hall–Kier alpha value is -1.44. The Labute approximate surface area is 160 Å². The van der Waals surface area contributed by atoms with Crippen molar-refractivity contribution in [3.05, 3.63) is 53.6 Å². The van der Waals surface area contributed by atoms with Crippen LogP contribution in [0.15, 0.2) is 35.6 Å². The van der Waals surface area contributed by atoms with Crippen molar-refractivity contribution in [2.24, 2.45) is 10.7 Å². The number of hydrogen-bond donors (Lipinski definition) is 1. The summed E-state index contributed by atoms with van der Waals surface area (Å²) >= 11 is 1.40. The Morgan fingerprint density at radius 1 is 1.08 bits per heavy atom. The SMILES string of the molecule is C[C@@]1(c2cc(-c3cncc(F)c3)c(F)cc2F)CCSC(N)=N1.Cl.Cl. The molecule has 1 aliphatic heterocycles. The summed E-state index contributed by atoms with van der Waals surface area (Å²) in [4.78, 5) is 8.04. The van der Waals surface area contributed by atoms with Crippen molar-refractivity contribution in [2.45, 2.75) is 18.9 Å². The molecule has 0 spiro atoms. The molecule has 2 N–H and O–H groups in total. The average Bonchev–Trinajstić information content (AvgIpc) is 2.46. The molecule has 3 nitrogen and oxygen atoms in total. The van der Waals surface area contributed by atoms with Gasteiger partial charge in [0.15, 0.2) is 5.17 Å². The summed E-state index contributed by atoms with van der Waals surface area (Å²) in [6, 6.07) is 3.33. The summed E-state index contributed by atoms with van der Waals surface area (Å²) in [6.45, 7) is 1.75. The molecule has 2 aromatic rings. The first-order valence-electron chi connectivity index (χ1n) is 6.97. The van der Waals surface area contributed by atoms with Crippen molar-refractivity contribution in [2.75, 3.05) is 5.75 Å². The summed E-state index contributed by atoms with van der Waals surface area (Å²) < 4.78 is 41.8. The molecule has 1 aromatic heterocycles. The van der Waals surface area contributed by atoms with E-state index in [4.69, 9.17) is 5.73 Å². The Balaban J connectivity index is 0.00000156. The number of nitrogens with two attached hydrogens (primary N) is 1. The molecule has 0 unspecified atom stereocenters. The molecule has 136 valence electrons. The van der Waals surface area contributed by atoms with E-state index in [0.717, 1.165) is 18.3 Å². The third-order valence-corrected chi connectivity index (χ3v) is 4.64. The zero-order chi connectivity index (χ0) is 16.6. The maximum Gasteiger partial charge on any atom is 0.154 e. The minimum Gasteiger partial charge on any atom is -0.379 e. The highest BCUT2D eigenvalue weighted by Crippen LogP contribution is 2.38. The second-order valence-corrected chi connectivity index (χ2v) is 6.64. The van der Waals surface area contributed by atoms with Crippen LogP contribution in [0.2, 0.25) is 0 Å². The number of aromatic nitrogens is 1. The molecule has 0 aliphatic carbocycles. The van der Waals surface area contributed by atoms with Gasteiger partial charge in [0.1, 0.15) is 17.5 Å². The Kier molecular flexibility index (Phi) is 7.17. The molecule has 0 radical (unpaired) electrons. The Morgan fingerprint density at radius 3 is 2.44 bits per heavy atom. The smallest absolute Gasteiger partial charge is 0.154 e. The van der Waals surface area contributed by atoms with Gasteiger partial charge in [0.05, 0.1) is 11.7 Å². The molecular weight excluding hydrogens is 394 g/mol. The largest absolute Gasteiger partial charge is 0.379 e. The molecule has 0 saturated heterocycles. The van der Waals surface area contributed by atoms with Crippen LogP contribution in [0.3, 0.4) is 0 Å². The van der Waals surface area contributed by atoms with Crippen LogP contribution < -0.4 is 5.73 Å². The van der Waals surface area contributed by atoms with E-state index in [2.05, 4.69) is 9.98 Å². The number of halogens is 5. The fourth-order valence-electron chi connectivity index (χ4n) is 2.62. The highest BCUT2D eigenvalue weighted by atomic mass is 35.5. The first kappa shape index (κ1) is 21.6. The van der Waals surface area contributed by atoms with Crippen LogP contribution in [0.5, 0.6) is 0 Å². The molecule has 2 heterocycles.